The van der Waals surface area contributed by atoms with Crippen molar-refractivity contribution in [3.63, 3.8) is 0 Å². The summed E-state index contributed by atoms with van der Waals surface area (Å²) in [5, 5.41) is 0. The predicted octanol–water partition coefficient (Wildman–Crippen LogP) is 4.12. The largest absolute Gasteiger partial charge is 0.490 e. The Hall–Kier alpha value is -2.76. The molecule has 0 aromatic heterocycles. The third-order valence-electron chi connectivity index (χ3n) is 4.98. The van der Waals surface area contributed by atoms with E-state index in [9.17, 15) is 9.18 Å². The Labute approximate surface area is 172 Å². The van der Waals surface area contributed by atoms with Crippen LogP contribution in [0.1, 0.15) is 26.2 Å². The van der Waals surface area contributed by atoms with E-state index in [0.717, 1.165) is 37.5 Å². The summed E-state index contributed by atoms with van der Waals surface area (Å²) in [4.78, 5) is 16.7. The number of benzene rings is 2. The standard InChI is InChI=1S/C23H29FN2O3/c1-2-28-21-7-3-4-8-22(21)29-18-5-9-23(27)26-15-6-14-25(16-17-26)20-12-10-19(24)11-13-20/h3-4,7-8,10-13H,2,5-6,9,14-18H2,1H3. The fourth-order valence-corrected chi connectivity index (χ4v) is 3.48. The first-order chi connectivity index (χ1) is 14.2. The van der Waals surface area contributed by atoms with Gasteiger partial charge < -0.3 is 19.3 Å². The molecule has 6 heteroatoms. The predicted molar refractivity (Wildman–Crippen MR) is 112 cm³/mol. The normalized spacial score (nSPS) is 14.4. The van der Waals surface area contributed by atoms with Gasteiger partial charge in [-0.25, -0.2) is 4.39 Å². The zero-order valence-corrected chi connectivity index (χ0v) is 17.0. The van der Waals surface area contributed by atoms with Crippen LogP contribution in [0.15, 0.2) is 48.5 Å². The summed E-state index contributed by atoms with van der Waals surface area (Å²) in [5.41, 5.74) is 1.00. The molecule has 1 fully saturated rings. The van der Waals surface area contributed by atoms with Crippen LogP contribution in [-0.4, -0.2) is 50.2 Å². The van der Waals surface area contributed by atoms with Crippen molar-refractivity contribution in [3.8, 4) is 11.5 Å². The topological polar surface area (TPSA) is 42.0 Å². The van der Waals surface area contributed by atoms with Crippen molar-refractivity contribution in [2.24, 2.45) is 0 Å². The molecule has 1 saturated heterocycles. The molecule has 1 aliphatic rings. The number of anilines is 1. The minimum Gasteiger partial charge on any atom is -0.490 e. The molecule has 156 valence electrons. The molecule has 0 bridgehead atoms. The van der Waals surface area contributed by atoms with Gasteiger partial charge in [-0.1, -0.05) is 12.1 Å². The number of rotatable bonds is 8. The molecule has 1 aliphatic heterocycles. The van der Waals surface area contributed by atoms with Gasteiger partial charge in [-0.05, 0) is 56.2 Å². The summed E-state index contributed by atoms with van der Waals surface area (Å²) in [6.45, 7) is 6.07. The molecule has 1 heterocycles. The van der Waals surface area contributed by atoms with Crippen LogP contribution in [0, 0.1) is 5.82 Å². The Morgan fingerprint density at radius 2 is 1.69 bits per heavy atom. The highest BCUT2D eigenvalue weighted by molar-refractivity contribution is 5.76. The van der Waals surface area contributed by atoms with Crippen molar-refractivity contribution in [3.05, 3.63) is 54.3 Å². The van der Waals surface area contributed by atoms with Gasteiger partial charge >= 0.3 is 0 Å². The number of carbonyl (C=O) groups excluding carboxylic acids is 1. The number of hydrogen-bond acceptors (Lipinski definition) is 4. The van der Waals surface area contributed by atoms with E-state index in [0.29, 0.717) is 38.3 Å². The summed E-state index contributed by atoms with van der Waals surface area (Å²) in [7, 11) is 0. The Kier molecular flexibility index (Phi) is 7.73. The van der Waals surface area contributed by atoms with Gasteiger partial charge in [0.05, 0.1) is 13.2 Å². The van der Waals surface area contributed by atoms with Crippen LogP contribution < -0.4 is 14.4 Å². The number of halogens is 1. The van der Waals surface area contributed by atoms with Crippen molar-refractivity contribution in [1.29, 1.82) is 0 Å². The van der Waals surface area contributed by atoms with Crippen LogP contribution in [0.5, 0.6) is 11.5 Å². The zero-order valence-electron chi connectivity index (χ0n) is 17.0. The van der Waals surface area contributed by atoms with E-state index in [1.54, 1.807) is 12.1 Å². The second-order valence-corrected chi connectivity index (χ2v) is 7.03. The minimum atomic E-state index is -0.230. The van der Waals surface area contributed by atoms with Gasteiger partial charge in [0.15, 0.2) is 11.5 Å². The van der Waals surface area contributed by atoms with E-state index in [1.165, 1.54) is 12.1 Å². The second-order valence-electron chi connectivity index (χ2n) is 7.03. The van der Waals surface area contributed by atoms with Crippen molar-refractivity contribution in [2.45, 2.75) is 26.2 Å². The summed E-state index contributed by atoms with van der Waals surface area (Å²) >= 11 is 0. The molecule has 2 aromatic carbocycles. The molecule has 3 rings (SSSR count). The molecule has 0 saturated carbocycles. The van der Waals surface area contributed by atoms with E-state index in [2.05, 4.69) is 4.90 Å². The van der Waals surface area contributed by atoms with Gasteiger partial charge in [0.25, 0.3) is 0 Å². The van der Waals surface area contributed by atoms with Crippen molar-refractivity contribution in [1.82, 2.24) is 4.90 Å². The van der Waals surface area contributed by atoms with Crippen molar-refractivity contribution >= 4 is 11.6 Å². The molecular formula is C23H29FN2O3. The Morgan fingerprint density at radius 3 is 2.41 bits per heavy atom. The van der Waals surface area contributed by atoms with Crippen LogP contribution in [0.2, 0.25) is 0 Å². The average molecular weight is 400 g/mol. The second kappa shape index (κ2) is 10.7. The maximum Gasteiger partial charge on any atom is 0.222 e. The number of nitrogens with zero attached hydrogens (tertiary/aromatic N) is 2. The van der Waals surface area contributed by atoms with E-state index in [1.807, 2.05) is 36.1 Å². The van der Waals surface area contributed by atoms with E-state index >= 15 is 0 Å². The van der Waals surface area contributed by atoms with Crippen LogP contribution in [0.4, 0.5) is 10.1 Å². The SMILES string of the molecule is CCOc1ccccc1OCCCC(=O)N1CCCN(c2ccc(F)cc2)CC1. The molecule has 0 unspecified atom stereocenters. The van der Waals surface area contributed by atoms with E-state index < -0.39 is 0 Å². The fourth-order valence-electron chi connectivity index (χ4n) is 3.48. The molecule has 0 radical (unpaired) electrons. The highest BCUT2D eigenvalue weighted by Crippen LogP contribution is 2.26. The van der Waals surface area contributed by atoms with Crippen LogP contribution in [0.25, 0.3) is 0 Å². The smallest absolute Gasteiger partial charge is 0.222 e. The lowest BCUT2D eigenvalue weighted by molar-refractivity contribution is -0.131. The molecule has 5 nitrogen and oxygen atoms in total. The summed E-state index contributed by atoms with van der Waals surface area (Å²) in [6, 6.07) is 14.1. The van der Waals surface area contributed by atoms with Gasteiger partial charge in [0, 0.05) is 38.3 Å². The van der Waals surface area contributed by atoms with Crippen LogP contribution in [-0.2, 0) is 4.79 Å². The first kappa shape index (κ1) is 21.0. The Bertz CT molecular complexity index is 782. The molecular weight excluding hydrogens is 371 g/mol. The lowest BCUT2D eigenvalue weighted by atomic mass is 10.2. The van der Waals surface area contributed by atoms with Crippen LogP contribution >= 0.6 is 0 Å². The number of ether oxygens (including phenoxy) is 2. The van der Waals surface area contributed by atoms with Gasteiger partial charge in [0.1, 0.15) is 5.82 Å². The van der Waals surface area contributed by atoms with Gasteiger partial charge in [-0.3, -0.25) is 4.79 Å². The van der Waals surface area contributed by atoms with Crippen molar-refractivity contribution < 1.29 is 18.7 Å². The quantitative estimate of drug-likeness (QED) is 0.625. The monoisotopic (exact) mass is 400 g/mol. The Balaban J connectivity index is 1.42. The molecule has 1 amide bonds. The first-order valence-corrected chi connectivity index (χ1v) is 10.3. The van der Waals surface area contributed by atoms with Gasteiger partial charge in [-0.15, -0.1) is 0 Å². The molecule has 29 heavy (non-hydrogen) atoms. The maximum absolute atomic E-state index is 13.1. The first-order valence-electron chi connectivity index (χ1n) is 10.3. The number of para-hydroxylation sites is 2. The molecule has 0 aliphatic carbocycles. The van der Waals surface area contributed by atoms with E-state index in [4.69, 9.17) is 9.47 Å². The number of amides is 1. The molecule has 0 spiro atoms. The highest BCUT2D eigenvalue weighted by atomic mass is 19.1. The molecule has 2 aromatic rings. The third kappa shape index (κ3) is 6.11. The Morgan fingerprint density at radius 1 is 0.966 bits per heavy atom. The summed E-state index contributed by atoms with van der Waals surface area (Å²) in [6.07, 6.45) is 2.03. The molecule has 0 atom stereocenters. The average Bonchev–Trinajstić information content (AvgIpc) is 2.99. The van der Waals surface area contributed by atoms with E-state index in [-0.39, 0.29) is 11.7 Å². The van der Waals surface area contributed by atoms with Gasteiger partial charge in [0.2, 0.25) is 5.91 Å². The highest BCUT2D eigenvalue weighted by Gasteiger charge is 2.19. The lowest BCUT2D eigenvalue weighted by Crippen LogP contribution is -2.35. The van der Waals surface area contributed by atoms with Crippen LogP contribution in [0.3, 0.4) is 0 Å². The van der Waals surface area contributed by atoms with Crippen molar-refractivity contribution in [2.75, 3.05) is 44.3 Å². The van der Waals surface area contributed by atoms with Gasteiger partial charge in [-0.2, -0.15) is 0 Å². The number of hydrogen-bond donors (Lipinski definition) is 0. The number of carbonyl (C=O) groups is 1. The fraction of sp³-hybridized carbons (Fsp3) is 0.435. The summed E-state index contributed by atoms with van der Waals surface area (Å²) in [5.74, 6) is 1.38. The zero-order chi connectivity index (χ0) is 20.5. The lowest BCUT2D eigenvalue weighted by Gasteiger charge is -2.23. The maximum atomic E-state index is 13.1. The summed E-state index contributed by atoms with van der Waals surface area (Å²) < 4.78 is 24.5. The molecule has 0 N–H and O–H groups in total. The minimum absolute atomic E-state index is 0.160. The third-order valence-corrected chi connectivity index (χ3v) is 4.98.